The van der Waals surface area contributed by atoms with Crippen LogP contribution >= 0.6 is 12.2 Å². The minimum atomic E-state index is -0.245. The molecule has 7 nitrogen and oxygen atoms in total. The molecule has 0 unspecified atom stereocenters. The molecular weight excluding hydrogens is 438 g/mol. The van der Waals surface area contributed by atoms with Gasteiger partial charge in [-0.2, -0.15) is 0 Å². The van der Waals surface area contributed by atoms with Gasteiger partial charge >= 0.3 is 0 Å². The number of carbonyl (C=O) groups excluding carboxylic acids is 1. The number of nitrogens with zero attached hydrogens (tertiary/aromatic N) is 1. The normalized spacial score (nSPS) is 10.7. The topological polar surface area (TPSA) is 85.3 Å². The van der Waals surface area contributed by atoms with Crippen molar-refractivity contribution in [2.24, 2.45) is 0 Å². The van der Waals surface area contributed by atoms with E-state index in [4.69, 9.17) is 21.7 Å². The van der Waals surface area contributed by atoms with Gasteiger partial charge in [-0.1, -0.05) is 30.3 Å². The highest BCUT2D eigenvalue weighted by molar-refractivity contribution is 7.71. The van der Waals surface area contributed by atoms with Crippen LogP contribution < -0.4 is 20.3 Å². The predicted molar refractivity (Wildman–Crippen MR) is 130 cm³/mol. The van der Waals surface area contributed by atoms with E-state index in [1.807, 2.05) is 48.5 Å². The Kier molecular flexibility index (Phi) is 6.55. The van der Waals surface area contributed by atoms with Crippen molar-refractivity contribution in [2.75, 3.05) is 14.2 Å². The number of H-pyrrole nitrogens is 1. The number of hydrogen-bond acceptors (Lipinski definition) is 5. The Bertz CT molecular complexity index is 1420. The lowest BCUT2D eigenvalue weighted by Gasteiger charge is -2.12. The maximum absolute atomic E-state index is 13.1. The number of hydrogen-bond donors (Lipinski definition) is 2. The highest BCUT2D eigenvalue weighted by Gasteiger charge is 2.12. The van der Waals surface area contributed by atoms with E-state index >= 15 is 0 Å². The fourth-order valence-electron chi connectivity index (χ4n) is 3.57. The number of para-hydroxylation sites is 1. The molecule has 0 atom stereocenters. The van der Waals surface area contributed by atoms with Crippen LogP contribution in [0.3, 0.4) is 0 Å². The number of benzene rings is 3. The van der Waals surface area contributed by atoms with Crippen molar-refractivity contribution >= 4 is 29.0 Å². The van der Waals surface area contributed by atoms with Crippen molar-refractivity contribution in [3.8, 4) is 11.5 Å². The van der Waals surface area contributed by atoms with Crippen molar-refractivity contribution in [1.29, 1.82) is 0 Å². The van der Waals surface area contributed by atoms with Crippen molar-refractivity contribution in [3.63, 3.8) is 0 Å². The van der Waals surface area contributed by atoms with Crippen molar-refractivity contribution in [1.82, 2.24) is 14.9 Å². The number of amides is 1. The largest absolute Gasteiger partial charge is 0.497 e. The molecule has 0 spiro atoms. The average Bonchev–Trinajstić information content (AvgIpc) is 2.85. The summed E-state index contributed by atoms with van der Waals surface area (Å²) in [5.41, 5.74) is 2.51. The van der Waals surface area contributed by atoms with Gasteiger partial charge < -0.3 is 19.8 Å². The van der Waals surface area contributed by atoms with E-state index in [0.717, 1.165) is 16.9 Å². The molecule has 0 fully saturated rings. The number of nitrogens with one attached hydrogen (secondary N) is 2. The lowest BCUT2D eigenvalue weighted by atomic mass is 10.1. The van der Waals surface area contributed by atoms with Gasteiger partial charge in [-0.15, -0.1) is 0 Å². The van der Waals surface area contributed by atoms with Crippen LogP contribution in [0.4, 0.5) is 0 Å². The Balaban J connectivity index is 1.57. The zero-order valence-electron chi connectivity index (χ0n) is 18.3. The van der Waals surface area contributed by atoms with Crippen LogP contribution in [0.25, 0.3) is 10.9 Å². The number of rotatable bonds is 7. The summed E-state index contributed by atoms with van der Waals surface area (Å²) in [4.78, 5) is 28.9. The first-order chi connectivity index (χ1) is 16.0. The fourth-order valence-corrected chi connectivity index (χ4v) is 3.83. The molecular formula is C25H23N3O4S. The third-order valence-corrected chi connectivity index (χ3v) is 5.70. The molecule has 1 amide bonds. The molecule has 3 aromatic carbocycles. The van der Waals surface area contributed by atoms with Crippen molar-refractivity contribution in [2.45, 2.75) is 13.1 Å². The van der Waals surface area contributed by atoms with Crippen LogP contribution in [0.1, 0.15) is 21.5 Å². The van der Waals surface area contributed by atoms with Gasteiger partial charge in [-0.25, -0.2) is 0 Å². The van der Waals surface area contributed by atoms with Gasteiger partial charge in [0.05, 0.1) is 31.7 Å². The van der Waals surface area contributed by atoms with Crippen LogP contribution in [-0.4, -0.2) is 29.7 Å². The minimum Gasteiger partial charge on any atom is -0.497 e. The standard InChI is InChI=1S/C25H23N3O4S/c1-31-19-10-7-16(8-11-19)14-26-23(29)17-9-12-20-21(13-17)27-25(33)28(24(20)30)15-18-5-3-4-6-22(18)32-2/h3-13H,14-15H2,1-2H3,(H,26,29)(H,27,33). The third-order valence-electron chi connectivity index (χ3n) is 5.38. The van der Waals surface area contributed by atoms with Gasteiger partial charge in [-0.05, 0) is 54.2 Å². The highest BCUT2D eigenvalue weighted by atomic mass is 32.1. The predicted octanol–water partition coefficient (Wildman–Crippen LogP) is 4.05. The van der Waals surface area contributed by atoms with E-state index in [-0.39, 0.29) is 22.8 Å². The second-order valence-electron chi connectivity index (χ2n) is 7.42. The van der Waals surface area contributed by atoms with Crippen LogP contribution in [0.15, 0.2) is 71.5 Å². The van der Waals surface area contributed by atoms with E-state index in [1.54, 1.807) is 32.4 Å². The van der Waals surface area contributed by atoms with Gasteiger partial charge in [0.1, 0.15) is 11.5 Å². The molecule has 4 rings (SSSR count). The molecule has 0 saturated carbocycles. The van der Waals surface area contributed by atoms with E-state index in [1.165, 1.54) is 4.57 Å². The summed E-state index contributed by atoms with van der Waals surface area (Å²) in [5.74, 6) is 1.19. The van der Waals surface area contributed by atoms with Gasteiger partial charge in [-0.3, -0.25) is 14.2 Å². The highest BCUT2D eigenvalue weighted by Crippen LogP contribution is 2.19. The number of fused-ring (bicyclic) bond motifs is 1. The number of carbonyl (C=O) groups is 1. The molecule has 8 heteroatoms. The fraction of sp³-hybridized carbons (Fsp3) is 0.160. The summed E-state index contributed by atoms with van der Waals surface area (Å²) < 4.78 is 12.3. The second kappa shape index (κ2) is 9.70. The smallest absolute Gasteiger partial charge is 0.262 e. The first-order valence-electron chi connectivity index (χ1n) is 10.3. The zero-order valence-corrected chi connectivity index (χ0v) is 19.1. The van der Waals surface area contributed by atoms with E-state index in [0.29, 0.717) is 28.8 Å². The van der Waals surface area contributed by atoms with Crippen LogP contribution in [0.2, 0.25) is 0 Å². The van der Waals surface area contributed by atoms with Gasteiger partial charge in [0.2, 0.25) is 0 Å². The quantitative estimate of drug-likeness (QED) is 0.406. The molecule has 33 heavy (non-hydrogen) atoms. The molecule has 0 aliphatic heterocycles. The molecule has 0 saturated heterocycles. The molecule has 0 radical (unpaired) electrons. The molecule has 0 aliphatic rings. The Morgan fingerprint density at radius 1 is 1.03 bits per heavy atom. The van der Waals surface area contributed by atoms with E-state index in [2.05, 4.69) is 10.3 Å². The molecule has 0 bridgehead atoms. The maximum atomic E-state index is 13.1. The number of aromatic amines is 1. The molecule has 1 heterocycles. The Morgan fingerprint density at radius 2 is 1.79 bits per heavy atom. The van der Waals surface area contributed by atoms with Gasteiger partial charge in [0, 0.05) is 17.7 Å². The Morgan fingerprint density at radius 3 is 2.52 bits per heavy atom. The molecule has 0 aliphatic carbocycles. The monoisotopic (exact) mass is 461 g/mol. The van der Waals surface area contributed by atoms with Crippen LogP contribution in [-0.2, 0) is 13.1 Å². The average molecular weight is 462 g/mol. The molecule has 2 N–H and O–H groups in total. The lowest BCUT2D eigenvalue weighted by molar-refractivity contribution is 0.0951. The van der Waals surface area contributed by atoms with Gasteiger partial charge in [0.15, 0.2) is 4.77 Å². The summed E-state index contributed by atoms with van der Waals surface area (Å²) in [6.45, 7) is 0.648. The molecule has 168 valence electrons. The van der Waals surface area contributed by atoms with Crippen LogP contribution in [0.5, 0.6) is 11.5 Å². The van der Waals surface area contributed by atoms with Crippen molar-refractivity contribution in [3.05, 3.63) is 98.5 Å². The SMILES string of the molecule is COc1ccc(CNC(=O)c2ccc3c(=O)n(Cc4ccccc4OC)c(=S)[nH]c3c2)cc1. The summed E-state index contributed by atoms with van der Waals surface area (Å²) in [5, 5.41) is 3.34. The minimum absolute atomic E-state index is 0.232. The maximum Gasteiger partial charge on any atom is 0.262 e. The van der Waals surface area contributed by atoms with E-state index < -0.39 is 0 Å². The van der Waals surface area contributed by atoms with Gasteiger partial charge in [0.25, 0.3) is 11.5 Å². The summed E-state index contributed by atoms with van der Waals surface area (Å²) in [7, 11) is 3.19. The third kappa shape index (κ3) is 4.80. The number of methoxy groups -OCH3 is 2. The first kappa shape index (κ1) is 22.3. The van der Waals surface area contributed by atoms with Crippen molar-refractivity contribution < 1.29 is 14.3 Å². The zero-order chi connectivity index (χ0) is 23.4. The second-order valence-corrected chi connectivity index (χ2v) is 7.81. The Hall–Kier alpha value is -3.91. The molecule has 4 aromatic rings. The van der Waals surface area contributed by atoms with E-state index in [9.17, 15) is 9.59 Å². The first-order valence-corrected chi connectivity index (χ1v) is 10.7. The molecule has 1 aromatic heterocycles. The summed E-state index contributed by atoms with van der Waals surface area (Å²) in [6.07, 6.45) is 0. The summed E-state index contributed by atoms with van der Waals surface area (Å²) in [6, 6.07) is 19.9. The number of ether oxygens (including phenoxy) is 2. The van der Waals surface area contributed by atoms with Crippen LogP contribution in [0, 0.1) is 4.77 Å². The lowest BCUT2D eigenvalue weighted by Crippen LogP contribution is -2.25. The Labute approximate surface area is 195 Å². The number of aromatic nitrogens is 2. The summed E-state index contributed by atoms with van der Waals surface area (Å²) >= 11 is 5.45.